The number of carbonyl (C=O) groups excluding carboxylic acids is 2. The molecule has 2 amide bonds. The number of anilines is 1. The second-order valence-electron chi connectivity index (χ2n) is 8.29. The number of carbonyl (C=O) groups is 2. The van der Waals surface area contributed by atoms with E-state index in [4.69, 9.17) is 11.6 Å². The van der Waals surface area contributed by atoms with E-state index in [1.165, 1.54) is 6.20 Å². The monoisotopic (exact) mass is 464 g/mol. The van der Waals surface area contributed by atoms with E-state index in [2.05, 4.69) is 10.3 Å². The lowest BCUT2D eigenvalue weighted by atomic mass is 9.96. The summed E-state index contributed by atoms with van der Waals surface area (Å²) < 4.78 is 1.54. The molecule has 1 N–H and O–H groups in total. The maximum absolute atomic E-state index is 13.2. The van der Waals surface area contributed by atoms with Crippen LogP contribution in [-0.2, 0) is 11.3 Å². The quantitative estimate of drug-likeness (QED) is 0.623. The van der Waals surface area contributed by atoms with Crippen LogP contribution in [0.2, 0.25) is 5.02 Å². The summed E-state index contributed by atoms with van der Waals surface area (Å²) in [4.78, 5) is 44.6. The zero-order valence-corrected chi connectivity index (χ0v) is 19.1. The van der Waals surface area contributed by atoms with Gasteiger partial charge < -0.3 is 14.8 Å². The number of nitrogens with one attached hydrogen (secondary N) is 1. The smallest absolute Gasteiger partial charge is 0.263 e. The maximum atomic E-state index is 13.2. The fourth-order valence-corrected chi connectivity index (χ4v) is 4.17. The minimum atomic E-state index is -0.376. The fourth-order valence-electron chi connectivity index (χ4n) is 4.06. The molecule has 8 heteroatoms. The van der Waals surface area contributed by atoms with Gasteiger partial charge in [0.1, 0.15) is 11.4 Å². The molecule has 1 unspecified atom stereocenters. The Labute approximate surface area is 197 Å². The van der Waals surface area contributed by atoms with Crippen molar-refractivity contribution in [2.45, 2.75) is 26.3 Å². The zero-order chi connectivity index (χ0) is 23.4. The van der Waals surface area contributed by atoms with Gasteiger partial charge in [-0.1, -0.05) is 41.4 Å². The second-order valence-corrected chi connectivity index (χ2v) is 8.72. The zero-order valence-electron chi connectivity index (χ0n) is 18.3. The van der Waals surface area contributed by atoms with Crippen LogP contribution >= 0.6 is 11.6 Å². The normalized spacial score (nSPS) is 15.8. The van der Waals surface area contributed by atoms with Gasteiger partial charge in [-0.05, 0) is 49.6 Å². The van der Waals surface area contributed by atoms with Crippen molar-refractivity contribution in [2.75, 3.05) is 18.4 Å². The van der Waals surface area contributed by atoms with Gasteiger partial charge in [0.05, 0.1) is 17.5 Å². The molecule has 1 aliphatic heterocycles. The van der Waals surface area contributed by atoms with Crippen LogP contribution in [0.4, 0.5) is 5.82 Å². The van der Waals surface area contributed by atoms with Crippen molar-refractivity contribution in [3.05, 3.63) is 93.0 Å². The molecule has 0 saturated carbocycles. The molecule has 3 aromatic rings. The molecule has 1 atom stereocenters. The summed E-state index contributed by atoms with van der Waals surface area (Å²) in [7, 11) is 0. The van der Waals surface area contributed by atoms with Gasteiger partial charge in [-0.3, -0.25) is 14.4 Å². The van der Waals surface area contributed by atoms with Crippen LogP contribution < -0.4 is 10.9 Å². The third-order valence-electron chi connectivity index (χ3n) is 5.74. The van der Waals surface area contributed by atoms with Crippen LogP contribution in [0, 0.1) is 12.8 Å². The topological polar surface area (TPSA) is 84.3 Å². The summed E-state index contributed by atoms with van der Waals surface area (Å²) >= 11 is 5.84. The van der Waals surface area contributed by atoms with Crippen LogP contribution in [-0.4, -0.2) is 39.4 Å². The first-order chi connectivity index (χ1) is 15.9. The van der Waals surface area contributed by atoms with Crippen molar-refractivity contribution in [3.8, 4) is 0 Å². The van der Waals surface area contributed by atoms with Crippen molar-refractivity contribution in [3.63, 3.8) is 0 Å². The Kier molecular flexibility index (Phi) is 6.89. The number of hydrogen-bond donors (Lipinski definition) is 1. The van der Waals surface area contributed by atoms with Gasteiger partial charge in [0.25, 0.3) is 11.5 Å². The van der Waals surface area contributed by atoms with Gasteiger partial charge in [-0.15, -0.1) is 0 Å². The number of aryl methyl sites for hydroxylation is 1. The van der Waals surface area contributed by atoms with Crippen LogP contribution in [0.25, 0.3) is 0 Å². The van der Waals surface area contributed by atoms with Crippen molar-refractivity contribution in [1.82, 2.24) is 14.5 Å². The van der Waals surface area contributed by atoms with Crippen molar-refractivity contribution < 1.29 is 9.59 Å². The Balaban J connectivity index is 1.46. The average molecular weight is 465 g/mol. The predicted molar refractivity (Wildman–Crippen MR) is 127 cm³/mol. The minimum Gasteiger partial charge on any atom is -0.338 e. The maximum Gasteiger partial charge on any atom is 0.263 e. The highest BCUT2D eigenvalue weighted by atomic mass is 35.5. The molecule has 0 bridgehead atoms. The molecular weight excluding hydrogens is 440 g/mol. The Morgan fingerprint density at radius 2 is 2.03 bits per heavy atom. The van der Waals surface area contributed by atoms with E-state index in [1.54, 1.807) is 39.9 Å². The number of pyridine rings is 2. The van der Waals surface area contributed by atoms with E-state index in [-0.39, 0.29) is 35.4 Å². The van der Waals surface area contributed by atoms with Gasteiger partial charge in [0.2, 0.25) is 5.91 Å². The molecular formula is C25H25ClN4O3. The van der Waals surface area contributed by atoms with Crippen molar-refractivity contribution in [1.29, 1.82) is 0 Å². The van der Waals surface area contributed by atoms with E-state index in [0.717, 1.165) is 11.1 Å². The lowest BCUT2D eigenvalue weighted by Crippen LogP contribution is -2.45. The third kappa shape index (κ3) is 5.49. The summed E-state index contributed by atoms with van der Waals surface area (Å²) in [5.74, 6) is -0.513. The number of nitrogens with zero attached hydrogens (tertiary/aromatic N) is 3. The fraction of sp³-hybridized carbons (Fsp3) is 0.280. The van der Waals surface area contributed by atoms with E-state index in [1.807, 2.05) is 31.2 Å². The van der Waals surface area contributed by atoms with Gasteiger partial charge in [0, 0.05) is 25.5 Å². The first kappa shape index (κ1) is 22.7. The largest absolute Gasteiger partial charge is 0.338 e. The minimum absolute atomic E-state index is 0.116. The van der Waals surface area contributed by atoms with Crippen molar-refractivity contribution in [2.24, 2.45) is 5.92 Å². The Bertz CT molecular complexity index is 1220. The molecule has 0 radical (unpaired) electrons. The van der Waals surface area contributed by atoms with Gasteiger partial charge >= 0.3 is 0 Å². The molecule has 7 nitrogen and oxygen atoms in total. The number of hydrogen-bond acceptors (Lipinski definition) is 4. The summed E-state index contributed by atoms with van der Waals surface area (Å²) in [6.45, 7) is 3.15. The number of benzene rings is 1. The summed E-state index contributed by atoms with van der Waals surface area (Å²) in [5.41, 5.74) is 1.89. The number of aromatic nitrogens is 2. The molecule has 1 saturated heterocycles. The number of piperidine rings is 1. The number of halogens is 1. The Hall–Kier alpha value is -3.45. The summed E-state index contributed by atoms with van der Waals surface area (Å²) in [6.07, 6.45) is 4.50. The van der Waals surface area contributed by atoms with Gasteiger partial charge in [-0.25, -0.2) is 4.98 Å². The first-order valence-corrected chi connectivity index (χ1v) is 11.3. The molecule has 0 aliphatic carbocycles. The van der Waals surface area contributed by atoms with E-state index < -0.39 is 0 Å². The third-order valence-corrected chi connectivity index (χ3v) is 5.97. The molecule has 33 heavy (non-hydrogen) atoms. The van der Waals surface area contributed by atoms with Gasteiger partial charge in [-0.2, -0.15) is 0 Å². The highest BCUT2D eigenvalue weighted by molar-refractivity contribution is 6.30. The SMILES string of the molecule is Cc1cccc(Cn2cccc(C(=O)N3CCCC(C(=O)Nc4ccc(Cl)cn4)C3)c2=O)c1. The average Bonchev–Trinajstić information content (AvgIpc) is 2.81. The van der Waals surface area contributed by atoms with Crippen LogP contribution in [0.15, 0.2) is 65.7 Å². The lowest BCUT2D eigenvalue weighted by Gasteiger charge is -2.32. The molecule has 4 rings (SSSR count). The number of amides is 2. The highest BCUT2D eigenvalue weighted by Crippen LogP contribution is 2.20. The van der Waals surface area contributed by atoms with E-state index in [9.17, 15) is 14.4 Å². The van der Waals surface area contributed by atoms with E-state index >= 15 is 0 Å². The molecule has 3 heterocycles. The predicted octanol–water partition coefficient (Wildman–Crippen LogP) is 3.74. The molecule has 2 aromatic heterocycles. The van der Waals surface area contributed by atoms with Crippen LogP contribution in [0.5, 0.6) is 0 Å². The standard InChI is InChI=1S/C25H25ClN4O3/c1-17-5-2-6-18(13-17)15-29-12-4-8-21(24(29)32)25(33)30-11-3-7-19(16-30)23(31)28-22-10-9-20(26)14-27-22/h2,4-6,8-10,12-14,19H,3,7,11,15-16H2,1H3,(H,27,28,31). The Morgan fingerprint density at radius 1 is 1.18 bits per heavy atom. The highest BCUT2D eigenvalue weighted by Gasteiger charge is 2.30. The first-order valence-electron chi connectivity index (χ1n) is 10.9. The molecule has 1 aliphatic rings. The number of rotatable bonds is 5. The molecule has 170 valence electrons. The molecule has 1 fully saturated rings. The van der Waals surface area contributed by atoms with Crippen LogP contribution in [0.1, 0.15) is 34.3 Å². The van der Waals surface area contributed by atoms with Crippen LogP contribution in [0.3, 0.4) is 0 Å². The summed E-state index contributed by atoms with van der Waals surface area (Å²) in [5, 5.41) is 3.26. The van der Waals surface area contributed by atoms with Gasteiger partial charge in [0.15, 0.2) is 0 Å². The Morgan fingerprint density at radius 3 is 2.79 bits per heavy atom. The van der Waals surface area contributed by atoms with Crippen molar-refractivity contribution >= 4 is 29.2 Å². The van der Waals surface area contributed by atoms with E-state index in [0.29, 0.717) is 36.8 Å². The summed E-state index contributed by atoms with van der Waals surface area (Å²) in [6, 6.07) is 14.5. The number of likely N-dealkylation sites (tertiary alicyclic amines) is 1. The second kappa shape index (κ2) is 10.0. The molecule has 0 spiro atoms. The molecule has 1 aromatic carbocycles. The lowest BCUT2D eigenvalue weighted by molar-refractivity contribution is -0.121.